The molecule has 0 rings (SSSR count). The van der Waals surface area contributed by atoms with Crippen molar-refractivity contribution in [3.8, 4) is 0 Å². The van der Waals surface area contributed by atoms with Crippen molar-refractivity contribution in [2.24, 2.45) is 0 Å². The first-order chi connectivity index (χ1) is 32.5. The fourth-order valence-electron chi connectivity index (χ4n) is 7.57. The van der Waals surface area contributed by atoms with Gasteiger partial charge in [-0.25, -0.2) is 0 Å². The van der Waals surface area contributed by atoms with Crippen molar-refractivity contribution in [1.82, 2.24) is 5.32 Å². The van der Waals surface area contributed by atoms with Crippen LogP contribution in [0, 0.1) is 0 Å². The number of amides is 1. The summed E-state index contributed by atoms with van der Waals surface area (Å²) in [6.45, 7) is 4.53. The van der Waals surface area contributed by atoms with Gasteiger partial charge in [-0.2, -0.15) is 0 Å². The topological polar surface area (TPSA) is 108 Å². The molecule has 0 radical (unpaired) electrons. The highest BCUT2D eigenvalue weighted by Gasteiger charge is 2.23. The Morgan fingerprint density at radius 3 is 1.33 bits per heavy atom. The Bertz CT molecular complexity index is 1360. The zero-order chi connectivity index (χ0) is 49.2. The molecular formula is C58H105N2O6P. The van der Waals surface area contributed by atoms with E-state index in [-0.39, 0.29) is 19.1 Å². The van der Waals surface area contributed by atoms with E-state index in [0.717, 1.165) is 77.0 Å². The number of phosphoric ester groups is 1. The van der Waals surface area contributed by atoms with Crippen LogP contribution in [0.5, 0.6) is 0 Å². The van der Waals surface area contributed by atoms with E-state index in [2.05, 4.69) is 92.1 Å². The molecule has 0 aliphatic rings. The second kappa shape index (κ2) is 48.7. The smallest absolute Gasteiger partial charge is 0.268 e. The maximum Gasteiger partial charge on any atom is 0.268 e. The molecule has 0 saturated carbocycles. The fourth-order valence-corrected chi connectivity index (χ4v) is 8.29. The van der Waals surface area contributed by atoms with Crippen LogP contribution in [-0.2, 0) is 18.4 Å². The molecule has 3 unspecified atom stereocenters. The van der Waals surface area contributed by atoms with Crippen LogP contribution < -0.4 is 10.2 Å². The number of aliphatic hydroxyl groups is 1. The van der Waals surface area contributed by atoms with E-state index in [1.54, 1.807) is 6.08 Å². The molecule has 388 valence electrons. The molecule has 0 aliphatic heterocycles. The molecule has 9 heteroatoms. The Hall–Kier alpha value is -2.32. The Labute approximate surface area is 414 Å². The van der Waals surface area contributed by atoms with E-state index in [0.29, 0.717) is 17.4 Å². The van der Waals surface area contributed by atoms with Gasteiger partial charge in [0.2, 0.25) is 5.91 Å². The first-order valence-corrected chi connectivity index (χ1v) is 28.9. The second-order valence-electron chi connectivity index (χ2n) is 19.6. The average molecular weight is 957 g/mol. The van der Waals surface area contributed by atoms with Gasteiger partial charge in [0.25, 0.3) is 7.82 Å². The highest BCUT2D eigenvalue weighted by atomic mass is 31.2. The SMILES string of the molecule is CC/C=C\C/C=C\C/C=C\C/C=C\C/C=C\C/C=C\CCCCCCCCCCCCCCC(=O)NC(COP(=O)([O-])OCC[N+](C)(C)C)C(O)/C=C/CCCCCCCCCCCCCC. The Morgan fingerprint density at radius 1 is 0.537 bits per heavy atom. The van der Waals surface area contributed by atoms with Crippen LogP contribution in [0.3, 0.4) is 0 Å². The van der Waals surface area contributed by atoms with Gasteiger partial charge in [-0.1, -0.05) is 234 Å². The number of nitrogens with one attached hydrogen (secondary N) is 1. The minimum absolute atomic E-state index is 0.00432. The second-order valence-corrected chi connectivity index (χ2v) is 21.0. The van der Waals surface area contributed by atoms with Gasteiger partial charge >= 0.3 is 0 Å². The summed E-state index contributed by atoms with van der Waals surface area (Å²) in [5.41, 5.74) is 0. The standard InChI is InChI=1S/C58H105N2O6P/c1-6-8-10-12-14-16-18-20-22-23-24-25-26-27-28-29-30-31-32-33-34-35-36-37-38-40-42-44-46-48-50-52-58(62)59-56(55-66-67(63,64)65-54-53-60(3,4)5)57(61)51-49-47-45-43-41-39-21-19-17-15-13-11-9-7-2/h8,10,14,16,20,22,24-25,27-28,30-31,49,51,56-57,61H,6-7,9,11-13,15,17-19,21,23,26,29,32-48,50,52-55H2,1-5H3,(H-,59,62,63,64)/b10-8-,16-14-,22-20-,25-24-,28-27-,31-30-,51-49+. The zero-order valence-electron chi connectivity index (χ0n) is 44.1. The van der Waals surface area contributed by atoms with Crippen LogP contribution in [0.4, 0.5) is 0 Å². The summed E-state index contributed by atoms with van der Waals surface area (Å²) >= 11 is 0. The van der Waals surface area contributed by atoms with Crippen LogP contribution in [-0.4, -0.2) is 68.5 Å². The fraction of sp³-hybridized carbons (Fsp3) is 0.741. The van der Waals surface area contributed by atoms with Crippen molar-refractivity contribution in [2.75, 3.05) is 40.9 Å². The summed E-state index contributed by atoms with van der Waals surface area (Å²) in [4.78, 5) is 25.4. The molecule has 67 heavy (non-hydrogen) atoms. The summed E-state index contributed by atoms with van der Waals surface area (Å²) in [6, 6.07) is -0.891. The van der Waals surface area contributed by atoms with E-state index < -0.39 is 20.0 Å². The van der Waals surface area contributed by atoms with Crippen molar-refractivity contribution in [2.45, 2.75) is 238 Å². The number of rotatable bonds is 49. The summed E-state index contributed by atoms with van der Waals surface area (Å²) in [5, 5.41) is 13.8. The lowest BCUT2D eigenvalue weighted by molar-refractivity contribution is -0.870. The number of carbonyl (C=O) groups is 1. The number of likely N-dealkylation sites (N-methyl/N-ethyl adjacent to an activating group) is 1. The molecule has 8 nitrogen and oxygen atoms in total. The Balaban J connectivity index is 4.16. The van der Waals surface area contributed by atoms with E-state index in [9.17, 15) is 19.4 Å². The molecule has 0 aromatic heterocycles. The van der Waals surface area contributed by atoms with E-state index in [1.807, 2.05) is 27.2 Å². The summed E-state index contributed by atoms with van der Waals surface area (Å²) in [7, 11) is 1.25. The van der Waals surface area contributed by atoms with Gasteiger partial charge in [0.1, 0.15) is 13.2 Å². The van der Waals surface area contributed by atoms with Gasteiger partial charge in [0.05, 0.1) is 39.9 Å². The maximum absolute atomic E-state index is 12.9. The molecule has 3 atom stereocenters. The monoisotopic (exact) mass is 957 g/mol. The summed E-state index contributed by atoms with van der Waals surface area (Å²) in [5.74, 6) is -0.203. The number of aliphatic hydroxyl groups excluding tert-OH is 1. The molecule has 0 aromatic rings. The third-order valence-electron chi connectivity index (χ3n) is 11.9. The molecule has 0 aromatic carbocycles. The molecular weight excluding hydrogens is 852 g/mol. The maximum atomic E-state index is 12.9. The minimum atomic E-state index is -4.60. The molecule has 0 saturated heterocycles. The molecule has 0 bridgehead atoms. The molecule has 1 amide bonds. The largest absolute Gasteiger partial charge is 0.756 e. The van der Waals surface area contributed by atoms with Gasteiger partial charge in [-0.3, -0.25) is 9.36 Å². The lowest BCUT2D eigenvalue weighted by Crippen LogP contribution is -2.45. The van der Waals surface area contributed by atoms with Crippen LogP contribution in [0.2, 0.25) is 0 Å². The number of quaternary nitrogens is 1. The summed E-state index contributed by atoms with van der Waals surface area (Å²) < 4.78 is 23.3. The van der Waals surface area contributed by atoms with Gasteiger partial charge in [0, 0.05) is 6.42 Å². The van der Waals surface area contributed by atoms with E-state index >= 15 is 0 Å². The number of phosphoric acid groups is 1. The number of carbonyl (C=O) groups excluding carboxylic acids is 1. The van der Waals surface area contributed by atoms with Gasteiger partial charge in [-0.05, 0) is 70.6 Å². The lowest BCUT2D eigenvalue weighted by atomic mass is 10.0. The van der Waals surface area contributed by atoms with Crippen LogP contribution in [0.1, 0.15) is 226 Å². The van der Waals surface area contributed by atoms with E-state index in [4.69, 9.17) is 9.05 Å². The van der Waals surface area contributed by atoms with Crippen molar-refractivity contribution >= 4 is 13.7 Å². The molecule has 0 heterocycles. The number of unbranched alkanes of at least 4 members (excludes halogenated alkanes) is 24. The predicted octanol–water partition coefficient (Wildman–Crippen LogP) is 15.8. The third-order valence-corrected chi connectivity index (χ3v) is 12.8. The Morgan fingerprint density at radius 2 is 0.910 bits per heavy atom. The van der Waals surface area contributed by atoms with Crippen molar-refractivity contribution in [3.05, 3.63) is 85.1 Å². The van der Waals surface area contributed by atoms with Crippen molar-refractivity contribution in [3.63, 3.8) is 0 Å². The number of hydrogen-bond acceptors (Lipinski definition) is 6. The van der Waals surface area contributed by atoms with Gasteiger partial charge in [0.15, 0.2) is 0 Å². The normalized spacial score (nSPS) is 14.7. The zero-order valence-corrected chi connectivity index (χ0v) is 45.0. The molecule has 0 fully saturated rings. The molecule has 0 spiro atoms. The first-order valence-electron chi connectivity index (χ1n) is 27.4. The minimum Gasteiger partial charge on any atom is -0.756 e. The van der Waals surface area contributed by atoms with E-state index in [1.165, 1.54) is 128 Å². The van der Waals surface area contributed by atoms with Gasteiger partial charge < -0.3 is 28.8 Å². The summed E-state index contributed by atoms with van der Waals surface area (Å²) in [6.07, 6.45) is 67.9. The molecule has 0 aliphatic carbocycles. The van der Waals surface area contributed by atoms with Crippen LogP contribution in [0.15, 0.2) is 85.1 Å². The van der Waals surface area contributed by atoms with Crippen LogP contribution >= 0.6 is 7.82 Å². The van der Waals surface area contributed by atoms with Crippen LogP contribution in [0.25, 0.3) is 0 Å². The Kier molecular flexibility index (Phi) is 47.0. The average Bonchev–Trinajstić information content (AvgIpc) is 3.29. The predicted molar refractivity (Wildman–Crippen MR) is 288 cm³/mol. The first kappa shape index (κ1) is 64.7. The lowest BCUT2D eigenvalue weighted by Gasteiger charge is -2.29. The molecule has 2 N–H and O–H groups in total. The highest BCUT2D eigenvalue weighted by Crippen LogP contribution is 2.38. The highest BCUT2D eigenvalue weighted by molar-refractivity contribution is 7.45. The number of nitrogens with zero attached hydrogens (tertiary/aromatic N) is 1. The van der Waals surface area contributed by atoms with Gasteiger partial charge in [-0.15, -0.1) is 0 Å². The number of allylic oxidation sites excluding steroid dienone is 13. The quantitative estimate of drug-likeness (QED) is 0.0272. The van der Waals surface area contributed by atoms with Crippen molar-refractivity contribution in [1.29, 1.82) is 0 Å². The third kappa shape index (κ3) is 51.4. The number of hydrogen-bond donors (Lipinski definition) is 2. The van der Waals surface area contributed by atoms with Crippen molar-refractivity contribution < 1.29 is 32.9 Å².